The summed E-state index contributed by atoms with van der Waals surface area (Å²) in [6.07, 6.45) is 2.88. The van der Waals surface area contributed by atoms with Gasteiger partial charge in [-0.1, -0.05) is 29.3 Å². The first-order chi connectivity index (χ1) is 10.4. The lowest BCUT2D eigenvalue weighted by atomic mass is 10.1. The van der Waals surface area contributed by atoms with Crippen LogP contribution in [0.25, 0.3) is 0 Å². The summed E-state index contributed by atoms with van der Waals surface area (Å²) in [6, 6.07) is 5.93. The van der Waals surface area contributed by atoms with Gasteiger partial charge >= 0.3 is 0 Å². The molecule has 1 heterocycles. The van der Waals surface area contributed by atoms with Crippen LogP contribution in [-0.4, -0.2) is 47.9 Å². The van der Waals surface area contributed by atoms with E-state index in [0.717, 1.165) is 18.7 Å². The number of nitrogens with zero attached hydrogens (tertiary/aromatic N) is 2. The van der Waals surface area contributed by atoms with Crippen molar-refractivity contribution in [1.29, 1.82) is 0 Å². The van der Waals surface area contributed by atoms with Crippen molar-refractivity contribution in [3.8, 4) is 0 Å². The summed E-state index contributed by atoms with van der Waals surface area (Å²) in [5.74, 6) is 0.108. The van der Waals surface area contributed by atoms with Crippen molar-refractivity contribution >= 4 is 29.1 Å². The molecular weight excluding hydrogens is 319 g/mol. The first-order valence-electron chi connectivity index (χ1n) is 7.83. The maximum absolute atomic E-state index is 12.5. The van der Waals surface area contributed by atoms with Crippen LogP contribution in [0.3, 0.4) is 0 Å². The van der Waals surface area contributed by atoms with Gasteiger partial charge in [0.25, 0.3) is 0 Å². The van der Waals surface area contributed by atoms with Crippen molar-refractivity contribution < 1.29 is 4.79 Å². The molecule has 1 fully saturated rings. The van der Waals surface area contributed by atoms with Crippen LogP contribution in [0.2, 0.25) is 10.0 Å². The fourth-order valence-corrected chi connectivity index (χ4v) is 3.27. The fraction of sp³-hybridized carbons (Fsp3) is 0.588. The van der Waals surface area contributed by atoms with Gasteiger partial charge in [0, 0.05) is 19.1 Å². The van der Waals surface area contributed by atoms with E-state index in [9.17, 15) is 4.79 Å². The number of benzene rings is 1. The minimum atomic E-state index is 0.108. The van der Waals surface area contributed by atoms with Crippen LogP contribution >= 0.6 is 23.2 Å². The molecule has 1 saturated heterocycles. The average Bonchev–Trinajstić information content (AvgIpc) is 3.03. The summed E-state index contributed by atoms with van der Waals surface area (Å²) in [4.78, 5) is 16.8. The van der Waals surface area contributed by atoms with Gasteiger partial charge in [-0.2, -0.15) is 0 Å². The molecule has 3 nitrogen and oxygen atoms in total. The van der Waals surface area contributed by atoms with Gasteiger partial charge in [0.05, 0.1) is 16.5 Å². The number of rotatable bonds is 5. The Balaban J connectivity index is 1.96. The third kappa shape index (κ3) is 4.15. The number of likely N-dealkylation sites (tertiary alicyclic amines) is 1. The van der Waals surface area contributed by atoms with Gasteiger partial charge in [-0.25, -0.2) is 0 Å². The molecule has 1 aromatic rings. The third-order valence-corrected chi connectivity index (χ3v) is 5.50. The summed E-state index contributed by atoms with van der Waals surface area (Å²) in [7, 11) is 1.89. The van der Waals surface area contributed by atoms with Crippen molar-refractivity contribution in [2.75, 3.05) is 20.1 Å². The molecule has 0 N–H and O–H groups in total. The molecular formula is C17H24Cl2N2O. The fourth-order valence-electron chi connectivity index (χ4n) is 2.95. The van der Waals surface area contributed by atoms with Crippen LogP contribution in [0.4, 0.5) is 0 Å². The highest BCUT2D eigenvalue weighted by atomic mass is 35.5. The quantitative estimate of drug-likeness (QED) is 0.810. The number of halogens is 2. The lowest BCUT2D eigenvalue weighted by molar-refractivity contribution is -0.132. The number of likely N-dealkylation sites (N-methyl/N-ethyl adjacent to an activating group) is 1. The molecule has 0 aliphatic carbocycles. The number of amides is 1. The van der Waals surface area contributed by atoms with Gasteiger partial charge in [0.2, 0.25) is 5.91 Å². The standard InChI is InChI=1S/C17H24Cl2N2O/c1-12(13(2)21-8-4-5-9-21)20(3)17(22)11-14-6-7-15(18)16(19)10-14/h6-7,10,12-13H,4-5,8-9,11H2,1-3H3/t12-,13+/m0/s1. The zero-order chi connectivity index (χ0) is 16.3. The summed E-state index contributed by atoms with van der Waals surface area (Å²) in [5, 5.41) is 1.01. The molecule has 2 atom stereocenters. The molecule has 1 amide bonds. The van der Waals surface area contributed by atoms with Crippen molar-refractivity contribution in [3.63, 3.8) is 0 Å². The Morgan fingerprint density at radius 1 is 1.23 bits per heavy atom. The smallest absolute Gasteiger partial charge is 0.227 e. The van der Waals surface area contributed by atoms with E-state index in [4.69, 9.17) is 23.2 Å². The van der Waals surface area contributed by atoms with Crippen LogP contribution in [0.15, 0.2) is 18.2 Å². The Morgan fingerprint density at radius 2 is 1.86 bits per heavy atom. The van der Waals surface area contributed by atoms with E-state index in [1.807, 2.05) is 18.0 Å². The summed E-state index contributed by atoms with van der Waals surface area (Å²) >= 11 is 11.9. The molecule has 0 bridgehead atoms. The highest BCUT2D eigenvalue weighted by Gasteiger charge is 2.27. The number of hydrogen-bond donors (Lipinski definition) is 0. The van der Waals surface area contributed by atoms with E-state index in [2.05, 4.69) is 18.7 Å². The molecule has 1 aliphatic rings. The normalized spacial score (nSPS) is 18.2. The third-order valence-electron chi connectivity index (χ3n) is 4.76. The van der Waals surface area contributed by atoms with Crippen molar-refractivity contribution in [2.45, 2.75) is 45.2 Å². The molecule has 0 aromatic heterocycles. The predicted molar refractivity (Wildman–Crippen MR) is 92.7 cm³/mol. The molecule has 122 valence electrons. The summed E-state index contributed by atoms with van der Waals surface area (Å²) in [5.41, 5.74) is 0.896. The van der Waals surface area contributed by atoms with Crippen molar-refractivity contribution in [1.82, 2.24) is 9.80 Å². The topological polar surface area (TPSA) is 23.6 Å². The van der Waals surface area contributed by atoms with E-state index in [1.54, 1.807) is 12.1 Å². The lowest BCUT2D eigenvalue weighted by Gasteiger charge is -2.35. The molecule has 0 spiro atoms. The van der Waals surface area contributed by atoms with E-state index in [1.165, 1.54) is 12.8 Å². The number of carbonyl (C=O) groups is 1. The zero-order valence-corrected chi connectivity index (χ0v) is 15.0. The Hall–Kier alpha value is -0.770. The van der Waals surface area contributed by atoms with Crippen LogP contribution in [-0.2, 0) is 11.2 Å². The molecule has 0 saturated carbocycles. The Kier molecular flexibility index (Phi) is 6.13. The van der Waals surface area contributed by atoms with Gasteiger partial charge in [-0.15, -0.1) is 0 Å². The molecule has 2 rings (SSSR count). The SMILES string of the molecule is C[C@H]([C@H](C)N(C)C(=O)Cc1ccc(Cl)c(Cl)c1)N1CCCC1. The van der Waals surface area contributed by atoms with Gasteiger partial charge < -0.3 is 4.90 Å². The summed E-state index contributed by atoms with van der Waals surface area (Å²) in [6.45, 7) is 6.61. The second-order valence-electron chi connectivity index (χ2n) is 6.15. The molecule has 1 aliphatic heterocycles. The average molecular weight is 343 g/mol. The van der Waals surface area contributed by atoms with E-state index >= 15 is 0 Å². The van der Waals surface area contributed by atoms with Crippen molar-refractivity contribution in [3.05, 3.63) is 33.8 Å². The number of hydrogen-bond acceptors (Lipinski definition) is 2. The van der Waals surface area contributed by atoms with E-state index in [0.29, 0.717) is 22.5 Å². The van der Waals surface area contributed by atoms with E-state index in [-0.39, 0.29) is 11.9 Å². The molecule has 0 unspecified atom stereocenters. The van der Waals surface area contributed by atoms with Crippen LogP contribution in [0.5, 0.6) is 0 Å². The second kappa shape index (κ2) is 7.67. The van der Waals surface area contributed by atoms with Gasteiger partial charge in [-0.05, 0) is 57.5 Å². The number of carbonyl (C=O) groups excluding carboxylic acids is 1. The Morgan fingerprint density at radius 3 is 2.45 bits per heavy atom. The van der Waals surface area contributed by atoms with Crippen LogP contribution in [0.1, 0.15) is 32.3 Å². The van der Waals surface area contributed by atoms with Crippen molar-refractivity contribution in [2.24, 2.45) is 0 Å². The lowest BCUT2D eigenvalue weighted by Crippen LogP contribution is -2.49. The highest BCUT2D eigenvalue weighted by molar-refractivity contribution is 6.42. The van der Waals surface area contributed by atoms with Gasteiger partial charge in [0.15, 0.2) is 0 Å². The minimum Gasteiger partial charge on any atom is -0.341 e. The minimum absolute atomic E-state index is 0.108. The first-order valence-corrected chi connectivity index (χ1v) is 8.59. The largest absolute Gasteiger partial charge is 0.341 e. The highest BCUT2D eigenvalue weighted by Crippen LogP contribution is 2.23. The molecule has 22 heavy (non-hydrogen) atoms. The molecule has 1 aromatic carbocycles. The predicted octanol–water partition coefficient (Wildman–Crippen LogP) is 3.87. The Labute approximate surface area is 143 Å². The van der Waals surface area contributed by atoms with Crippen LogP contribution < -0.4 is 0 Å². The Bertz CT molecular complexity index is 529. The first kappa shape index (κ1) is 17.6. The van der Waals surface area contributed by atoms with Gasteiger partial charge in [0.1, 0.15) is 0 Å². The monoisotopic (exact) mass is 342 g/mol. The maximum Gasteiger partial charge on any atom is 0.227 e. The summed E-state index contributed by atoms with van der Waals surface area (Å²) < 4.78 is 0. The molecule has 5 heteroatoms. The molecule has 0 radical (unpaired) electrons. The maximum atomic E-state index is 12.5. The second-order valence-corrected chi connectivity index (χ2v) is 6.97. The van der Waals surface area contributed by atoms with Crippen LogP contribution in [0, 0.1) is 0 Å². The van der Waals surface area contributed by atoms with Gasteiger partial charge in [-0.3, -0.25) is 9.69 Å². The zero-order valence-electron chi connectivity index (χ0n) is 13.5. The van der Waals surface area contributed by atoms with E-state index < -0.39 is 0 Å².